The number of aryl methyl sites for hydroxylation is 2. The van der Waals surface area contributed by atoms with Crippen molar-refractivity contribution in [2.24, 2.45) is 5.10 Å². The van der Waals surface area contributed by atoms with Crippen LogP contribution in [0.15, 0.2) is 82.8 Å². The lowest BCUT2D eigenvalue weighted by Crippen LogP contribution is -2.39. The second-order valence-electron chi connectivity index (χ2n) is 8.39. The summed E-state index contributed by atoms with van der Waals surface area (Å²) in [6.45, 7) is 3.26. The van der Waals surface area contributed by atoms with Gasteiger partial charge in [0.25, 0.3) is 15.9 Å². The SMILES string of the molecule is COc1ccc2cc(/C=N\NC(=O)CN(c3cc(C)cc(C)c3)S(=O)(=O)c3ccccc3)c(Cl)nc2c1. The van der Waals surface area contributed by atoms with Gasteiger partial charge in [0, 0.05) is 17.0 Å². The van der Waals surface area contributed by atoms with Gasteiger partial charge in [-0.15, -0.1) is 0 Å². The van der Waals surface area contributed by atoms with Gasteiger partial charge in [-0.25, -0.2) is 18.8 Å². The predicted octanol–water partition coefficient (Wildman–Crippen LogP) is 4.86. The van der Waals surface area contributed by atoms with Crippen molar-refractivity contribution in [3.63, 3.8) is 0 Å². The van der Waals surface area contributed by atoms with E-state index >= 15 is 0 Å². The third-order valence-electron chi connectivity index (χ3n) is 5.51. The van der Waals surface area contributed by atoms with E-state index in [0.29, 0.717) is 22.5 Å². The number of rotatable bonds is 8. The van der Waals surface area contributed by atoms with Gasteiger partial charge in [-0.05, 0) is 67.4 Å². The number of halogens is 1. The van der Waals surface area contributed by atoms with Crippen LogP contribution in [0, 0.1) is 13.8 Å². The zero-order valence-electron chi connectivity index (χ0n) is 20.5. The van der Waals surface area contributed by atoms with Crippen LogP contribution < -0.4 is 14.5 Å². The van der Waals surface area contributed by atoms with Crippen molar-refractivity contribution in [1.29, 1.82) is 0 Å². The zero-order chi connectivity index (χ0) is 26.6. The average Bonchev–Trinajstić information content (AvgIpc) is 2.87. The number of amides is 1. The first-order valence-electron chi connectivity index (χ1n) is 11.3. The van der Waals surface area contributed by atoms with Crippen molar-refractivity contribution in [3.05, 3.63) is 94.6 Å². The molecule has 8 nitrogen and oxygen atoms in total. The molecule has 1 N–H and O–H groups in total. The van der Waals surface area contributed by atoms with Gasteiger partial charge >= 0.3 is 0 Å². The molecule has 0 saturated heterocycles. The van der Waals surface area contributed by atoms with E-state index in [4.69, 9.17) is 16.3 Å². The van der Waals surface area contributed by atoms with Crippen LogP contribution in [0.4, 0.5) is 5.69 Å². The number of sulfonamides is 1. The van der Waals surface area contributed by atoms with Gasteiger partial charge in [0.2, 0.25) is 0 Å². The molecule has 1 heterocycles. The molecule has 0 saturated carbocycles. The maximum absolute atomic E-state index is 13.5. The second-order valence-corrected chi connectivity index (χ2v) is 10.6. The van der Waals surface area contributed by atoms with E-state index in [1.165, 1.54) is 18.3 Å². The van der Waals surface area contributed by atoms with Crippen LogP contribution in [-0.4, -0.2) is 39.2 Å². The monoisotopic (exact) mass is 536 g/mol. The Hall–Kier alpha value is -3.95. The van der Waals surface area contributed by atoms with E-state index in [1.54, 1.807) is 55.6 Å². The number of ether oxygens (including phenoxy) is 1. The van der Waals surface area contributed by atoms with Crippen molar-refractivity contribution in [2.45, 2.75) is 18.7 Å². The highest BCUT2D eigenvalue weighted by molar-refractivity contribution is 7.92. The van der Waals surface area contributed by atoms with E-state index in [-0.39, 0.29) is 10.0 Å². The highest BCUT2D eigenvalue weighted by Gasteiger charge is 2.27. The summed E-state index contributed by atoms with van der Waals surface area (Å²) >= 11 is 6.29. The summed E-state index contributed by atoms with van der Waals surface area (Å²) < 4.78 is 33.2. The van der Waals surface area contributed by atoms with E-state index in [9.17, 15) is 13.2 Å². The summed E-state index contributed by atoms with van der Waals surface area (Å²) in [6.07, 6.45) is 1.36. The minimum atomic E-state index is -4.02. The van der Waals surface area contributed by atoms with Crippen LogP contribution in [-0.2, 0) is 14.8 Å². The highest BCUT2D eigenvalue weighted by Crippen LogP contribution is 2.26. The summed E-state index contributed by atoms with van der Waals surface area (Å²) in [7, 11) is -2.45. The van der Waals surface area contributed by atoms with Gasteiger partial charge in [0.15, 0.2) is 0 Å². The third kappa shape index (κ3) is 6.07. The highest BCUT2D eigenvalue weighted by atomic mass is 35.5. The molecule has 0 spiro atoms. The first kappa shape index (κ1) is 26.1. The van der Waals surface area contributed by atoms with Crippen LogP contribution in [0.2, 0.25) is 5.15 Å². The van der Waals surface area contributed by atoms with Gasteiger partial charge in [-0.1, -0.05) is 35.9 Å². The van der Waals surface area contributed by atoms with Crippen LogP contribution >= 0.6 is 11.6 Å². The molecule has 0 radical (unpaired) electrons. The van der Waals surface area contributed by atoms with E-state index in [1.807, 2.05) is 26.0 Å². The number of aromatic nitrogens is 1. The van der Waals surface area contributed by atoms with Crippen molar-refractivity contribution < 1.29 is 17.9 Å². The minimum absolute atomic E-state index is 0.0797. The number of methoxy groups -OCH3 is 1. The maximum Gasteiger partial charge on any atom is 0.264 e. The number of nitrogens with zero attached hydrogens (tertiary/aromatic N) is 3. The fraction of sp³-hybridized carbons (Fsp3) is 0.148. The van der Waals surface area contributed by atoms with Crippen molar-refractivity contribution >= 4 is 50.3 Å². The van der Waals surface area contributed by atoms with E-state index < -0.39 is 22.5 Å². The van der Waals surface area contributed by atoms with Gasteiger partial charge in [-0.2, -0.15) is 5.10 Å². The van der Waals surface area contributed by atoms with Gasteiger partial charge < -0.3 is 4.74 Å². The molecular formula is C27H25ClN4O4S. The lowest BCUT2D eigenvalue weighted by Gasteiger charge is -2.24. The largest absolute Gasteiger partial charge is 0.497 e. The smallest absolute Gasteiger partial charge is 0.264 e. The van der Waals surface area contributed by atoms with Crippen LogP contribution in [0.1, 0.15) is 16.7 Å². The summed E-state index contributed by atoms with van der Waals surface area (Å²) in [5.41, 5.74) is 5.67. The summed E-state index contributed by atoms with van der Waals surface area (Å²) in [6, 6.07) is 20.5. The number of fused-ring (bicyclic) bond motifs is 1. The quantitative estimate of drug-likeness (QED) is 0.197. The summed E-state index contributed by atoms with van der Waals surface area (Å²) in [5, 5.41) is 4.99. The number of carbonyl (C=O) groups is 1. The van der Waals surface area contributed by atoms with Crippen molar-refractivity contribution in [3.8, 4) is 5.75 Å². The van der Waals surface area contributed by atoms with Crippen LogP contribution in [0.3, 0.4) is 0 Å². The Kier molecular flexibility index (Phi) is 7.75. The zero-order valence-corrected chi connectivity index (χ0v) is 22.0. The Morgan fingerprint density at radius 2 is 1.76 bits per heavy atom. The van der Waals surface area contributed by atoms with Gasteiger partial charge in [-0.3, -0.25) is 9.10 Å². The van der Waals surface area contributed by atoms with Gasteiger partial charge in [0.1, 0.15) is 17.4 Å². The van der Waals surface area contributed by atoms with Crippen molar-refractivity contribution in [1.82, 2.24) is 10.4 Å². The van der Waals surface area contributed by atoms with Crippen LogP contribution in [0.25, 0.3) is 10.9 Å². The molecule has 0 unspecified atom stereocenters. The fourth-order valence-electron chi connectivity index (χ4n) is 3.83. The molecule has 0 aliphatic heterocycles. The number of anilines is 1. The molecule has 4 aromatic rings. The van der Waals surface area contributed by atoms with Gasteiger partial charge in [0.05, 0.1) is 29.4 Å². The molecule has 1 amide bonds. The Bertz CT molecular complexity index is 1570. The molecule has 0 aliphatic rings. The number of hydrogen-bond donors (Lipinski definition) is 1. The molecule has 190 valence electrons. The van der Waals surface area contributed by atoms with Crippen LogP contribution in [0.5, 0.6) is 5.75 Å². The first-order chi connectivity index (χ1) is 17.7. The molecule has 0 aliphatic carbocycles. The molecular weight excluding hydrogens is 512 g/mol. The standard InChI is InChI=1S/C27H25ClN4O4S/c1-18-11-19(2)13-22(12-18)32(37(34,35)24-7-5-4-6-8-24)17-26(33)31-29-16-21-14-20-9-10-23(36-3)15-25(20)30-27(21)28/h4-16H,17H2,1-3H3,(H,31,33)/b29-16-. The number of hydrazone groups is 1. The lowest BCUT2D eigenvalue weighted by molar-refractivity contribution is -0.119. The number of pyridine rings is 1. The molecule has 10 heteroatoms. The summed E-state index contributed by atoms with van der Waals surface area (Å²) in [4.78, 5) is 17.3. The van der Waals surface area contributed by atoms with E-state index in [0.717, 1.165) is 20.8 Å². The first-order valence-corrected chi connectivity index (χ1v) is 13.1. The maximum atomic E-state index is 13.5. The minimum Gasteiger partial charge on any atom is -0.497 e. The predicted molar refractivity (Wildman–Crippen MR) is 146 cm³/mol. The molecule has 0 atom stereocenters. The Morgan fingerprint density at radius 3 is 2.43 bits per heavy atom. The number of carbonyl (C=O) groups excluding carboxylic acids is 1. The molecule has 0 fully saturated rings. The summed E-state index contributed by atoms with van der Waals surface area (Å²) in [5.74, 6) is 0.0353. The second kappa shape index (κ2) is 11.0. The molecule has 3 aromatic carbocycles. The average molecular weight is 537 g/mol. The Labute approximate surface area is 220 Å². The Morgan fingerprint density at radius 1 is 1.05 bits per heavy atom. The molecule has 0 bridgehead atoms. The number of benzene rings is 3. The molecule has 4 rings (SSSR count). The molecule has 37 heavy (non-hydrogen) atoms. The van der Waals surface area contributed by atoms with E-state index in [2.05, 4.69) is 15.5 Å². The van der Waals surface area contributed by atoms with Crippen molar-refractivity contribution in [2.75, 3.05) is 18.0 Å². The Balaban J connectivity index is 1.57. The number of hydrogen-bond acceptors (Lipinski definition) is 6. The number of nitrogens with one attached hydrogen (secondary N) is 1. The lowest BCUT2D eigenvalue weighted by atomic mass is 10.1. The topological polar surface area (TPSA) is 101 Å². The third-order valence-corrected chi connectivity index (χ3v) is 7.60. The normalized spacial score (nSPS) is 11.6. The molecule has 1 aromatic heterocycles. The fourth-order valence-corrected chi connectivity index (χ4v) is 5.45.